The Kier molecular flexibility index (Phi) is 1.10. The second kappa shape index (κ2) is 2.11. The number of nitrogens with one attached hydrogen (secondary N) is 1. The molecular formula is C10H7NS. The molecule has 1 nitrogen and oxygen atoms in total. The first-order valence-electron chi connectivity index (χ1n) is 3.88. The van der Waals surface area contributed by atoms with Gasteiger partial charge in [-0.05, 0) is 35.0 Å². The molecule has 2 heteroatoms. The van der Waals surface area contributed by atoms with Crippen LogP contribution in [0.1, 0.15) is 0 Å². The van der Waals surface area contributed by atoms with Crippen LogP contribution in [0.4, 0.5) is 0 Å². The first-order chi connectivity index (χ1) is 5.93. The first kappa shape index (κ1) is 6.26. The van der Waals surface area contributed by atoms with Crippen molar-refractivity contribution in [2.75, 3.05) is 0 Å². The minimum absolute atomic E-state index is 1.23. The van der Waals surface area contributed by atoms with Gasteiger partial charge in [0.05, 0.1) is 0 Å². The van der Waals surface area contributed by atoms with E-state index in [9.17, 15) is 0 Å². The normalized spacial score (nSPS) is 11.3. The van der Waals surface area contributed by atoms with Crippen molar-refractivity contribution in [2.24, 2.45) is 0 Å². The Balaban J connectivity index is 2.62. The molecule has 2 aromatic heterocycles. The van der Waals surface area contributed by atoms with Crippen LogP contribution in [0.2, 0.25) is 0 Å². The summed E-state index contributed by atoms with van der Waals surface area (Å²) in [4.78, 5) is 3.21. The lowest BCUT2D eigenvalue weighted by atomic mass is 10.2. The van der Waals surface area contributed by atoms with Gasteiger partial charge in [0.1, 0.15) is 0 Å². The second-order valence-electron chi connectivity index (χ2n) is 2.88. The maximum atomic E-state index is 3.21. The van der Waals surface area contributed by atoms with Gasteiger partial charge in [-0.3, -0.25) is 0 Å². The highest BCUT2D eigenvalue weighted by molar-refractivity contribution is 7.17. The van der Waals surface area contributed by atoms with Crippen LogP contribution in [0.15, 0.2) is 35.8 Å². The average molecular weight is 173 g/mol. The van der Waals surface area contributed by atoms with Gasteiger partial charge >= 0.3 is 0 Å². The number of aromatic amines is 1. The second-order valence-corrected chi connectivity index (χ2v) is 3.82. The van der Waals surface area contributed by atoms with E-state index in [0.29, 0.717) is 0 Å². The van der Waals surface area contributed by atoms with Crippen molar-refractivity contribution < 1.29 is 0 Å². The lowest BCUT2D eigenvalue weighted by molar-refractivity contribution is 1.48. The van der Waals surface area contributed by atoms with Gasteiger partial charge in [-0.25, -0.2) is 0 Å². The average Bonchev–Trinajstić information content (AvgIpc) is 2.64. The molecule has 0 spiro atoms. The van der Waals surface area contributed by atoms with Crippen LogP contribution in [-0.2, 0) is 0 Å². The summed E-state index contributed by atoms with van der Waals surface area (Å²) in [5.74, 6) is 0. The van der Waals surface area contributed by atoms with E-state index in [1.165, 1.54) is 21.0 Å². The summed E-state index contributed by atoms with van der Waals surface area (Å²) in [7, 11) is 0. The molecule has 0 atom stereocenters. The van der Waals surface area contributed by atoms with E-state index in [4.69, 9.17) is 0 Å². The summed E-state index contributed by atoms with van der Waals surface area (Å²) in [5.41, 5.74) is 1.23. The molecule has 2 heterocycles. The van der Waals surface area contributed by atoms with Gasteiger partial charge in [-0.15, -0.1) is 11.3 Å². The molecule has 0 aliphatic carbocycles. The molecule has 0 amide bonds. The molecule has 1 N–H and O–H groups in total. The first-order valence-corrected chi connectivity index (χ1v) is 4.76. The van der Waals surface area contributed by atoms with Crippen molar-refractivity contribution in [1.82, 2.24) is 4.98 Å². The SMILES string of the molecule is c1cc2cc3ccsc3cc2[nH]1. The maximum absolute atomic E-state index is 3.21. The maximum Gasteiger partial charge on any atom is 0.0468 e. The molecule has 0 bridgehead atoms. The van der Waals surface area contributed by atoms with Crippen molar-refractivity contribution in [1.29, 1.82) is 0 Å². The van der Waals surface area contributed by atoms with Crippen LogP contribution in [-0.4, -0.2) is 4.98 Å². The van der Waals surface area contributed by atoms with Gasteiger partial charge in [-0.1, -0.05) is 0 Å². The molecule has 0 unspecified atom stereocenters. The van der Waals surface area contributed by atoms with Crippen molar-refractivity contribution in [3.05, 3.63) is 35.8 Å². The van der Waals surface area contributed by atoms with Crippen molar-refractivity contribution in [3.8, 4) is 0 Å². The molecule has 0 aliphatic heterocycles. The highest BCUT2D eigenvalue weighted by Gasteiger charge is 1.98. The standard InChI is InChI=1S/C10H7NS/c1-3-11-9-6-10-8(2-4-12-10)5-7(1)9/h1-6,11H. The molecule has 0 saturated carbocycles. The van der Waals surface area contributed by atoms with E-state index in [0.717, 1.165) is 0 Å². The van der Waals surface area contributed by atoms with Crippen LogP contribution in [0.25, 0.3) is 21.0 Å². The Bertz CT molecular complexity index is 442. The Morgan fingerprint density at radius 3 is 3.08 bits per heavy atom. The molecule has 0 fully saturated rings. The van der Waals surface area contributed by atoms with E-state index in [-0.39, 0.29) is 0 Å². The number of hydrogen-bond donors (Lipinski definition) is 1. The van der Waals surface area contributed by atoms with E-state index >= 15 is 0 Å². The zero-order valence-corrected chi connectivity index (χ0v) is 7.19. The fraction of sp³-hybridized carbons (Fsp3) is 0. The van der Waals surface area contributed by atoms with Crippen molar-refractivity contribution in [3.63, 3.8) is 0 Å². The Morgan fingerprint density at radius 2 is 2.08 bits per heavy atom. The molecule has 3 rings (SSSR count). The minimum atomic E-state index is 1.23. The van der Waals surface area contributed by atoms with Gasteiger partial charge in [0.25, 0.3) is 0 Å². The molecule has 0 saturated heterocycles. The third-order valence-electron chi connectivity index (χ3n) is 2.13. The summed E-state index contributed by atoms with van der Waals surface area (Å²) in [6, 6.07) is 8.69. The minimum Gasteiger partial charge on any atom is -0.361 e. The number of aromatic nitrogens is 1. The van der Waals surface area contributed by atoms with E-state index < -0.39 is 0 Å². The van der Waals surface area contributed by atoms with Crippen LogP contribution < -0.4 is 0 Å². The van der Waals surface area contributed by atoms with Gasteiger partial charge < -0.3 is 4.98 Å². The predicted molar refractivity (Wildman–Crippen MR) is 53.7 cm³/mol. The smallest absolute Gasteiger partial charge is 0.0468 e. The molecule has 1 aromatic carbocycles. The van der Waals surface area contributed by atoms with Crippen LogP contribution in [0.5, 0.6) is 0 Å². The number of fused-ring (bicyclic) bond motifs is 2. The van der Waals surface area contributed by atoms with Gasteiger partial charge in [0.2, 0.25) is 0 Å². The Hall–Kier alpha value is -1.28. The summed E-state index contributed by atoms with van der Waals surface area (Å²) < 4.78 is 1.35. The summed E-state index contributed by atoms with van der Waals surface area (Å²) in [6.45, 7) is 0. The van der Waals surface area contributed by atoms with E-state index in [2.05, 4.69) is 34.6 Å². The number of hydrogen-bond acceptors (Lipinski definition) is 1. The van der Waals surface area contributed by atoms with E-state index in [1.54, 1.807) is 11.3 Å². The lowest BCUT2D eigenvalue weighted by Crippen LogP contribution is -1.65. The van der Waals surface area contributed by atoms with Crippen molar-refractivity contribution >= 4 is 32.3 Å². The molecule has 3 aromatic rings. The topological polar surface area (TPSA) is 15.8 Å². The van der Waals surface area contributed by atoms with E-state index in [1.807, 2.05) is 6.20 Å². The fourth-order valence-electron chi connectivity index (χ4n) is 1.51. The number of H-pyrrole nitrogens is 1. The monoisotopic (exact) mass is 173 g/mol. The fourth-order valence-corrected chi connectivity index (χ4v) is 2.32. The predicted octanol–water partition coefficient (Wildman–Crippen LogP) is 3.38. The lowest BCUT2D eigenvalue weighted by Gasteiger charge is -1.90. The third kappa shape index (κ3) is 0.728. The van der Waals surface area contributed by atoms with Crippen molar-refractivity contribution in [2.45, 2.75) is 0 Å². The van der Waals surface area contributed by atoms with Gasteiger partial charge in [0.15, 0.2) is 0 Å². The molecular weight excluding hydrogens is 166 g/mol. The highest BCUT2D eigenvalue weighted by atomic mass is 32.1. The zero-order chi connectivity index (χ0) is 7.97. The van der Waals surface area contributed by atoms with Crippen LogP contribution in [0, 0.1) is 0 Å². The summed E-state index contributed by atoms with van der Waals surface area (Å²) in [5, 5.41) is 4.76. The summed E-state index contributed by atoms with van der Waals surface area (Å²) >= 11 is 1.79. The zero-order valence-electron chi connectivity index (χ0n) is 6.37. The van der Waals surface area contributed by atoms with Crippen LogP contribution in [0.3, 0.4) is 0 Å². The number of rotatable bonds is 0. The Morgan fingerprint density at radius 1 is 1.08 bits per heavy atom. The highest BCUT2D eigenvalue weighted by Crippen LogP contribution is 2.25. The van der Waals surface area contributed by atoms with Crippen LogP contribution >= 0.6 is 11.3 Å². The largest absolute Gasteiger partial charge is 0.361 e. The number of benzene rings is 1. The molecule has 0 radical (unpaired) electrons. The Labute approximate surface area is 73.6 Å². The summed E-state index contributed by atoms with van der Waals surface area (Å²) in [6.07, 6.45) is 1.98. The molecule has 0 aliphatic rings. The van der Waals surface area contributed by atoms with Gasteiger partial charge in [0, 0.05) is 21.8 Å². The third-order valence-corrected chi connectivity index (χ3v) is 3.01. The molecule has 58 valence electrons. The number of thiophene rings is 1. The van der Waals surface area contributed by atoms with Gasteiger partial charge in [-0.2, -0.15) is 0 Å². The molecule has 12 heavy (non-hydrogen) atoms. The quantitative estimate of drug-likeness (QED) is 0.536.